The summed E-state index contributed by atoms with van der Waals surface area (Å²) in [6, 6.07) is 15.5. The van der Waals surface area contributed by atoms with E-state index in [1.807, 2.05) is 67.3 Å². The summed E-state index contributed by atoms with van der Waals surface area (Å²) in [6.45, 7) is 5.28. The Kier molecular flexibility index (Phi) is 5.70. The highest BCUT2D eigenvalue weighted by atomic mass is 16.5. The molecule has 0 radical (unpaired) electrons. The molecule has 0 unspecified atom stereocenters. The van der Waals surface area contributed by atoms with E-state index in [1.165, 1.54) is 0 Å². The number of piperidine rings is 1. The molecule has 1 amide bonds. The number of ether oxygens (including phenoxy) is 1. The molecule has 4 rings (SSSR count). The molecule has 0 aliphatic carbocycles. The van der Waals surface area contributed by atoms with Gasteiger partial charge in [-0.1, -0.05) is 29.8 Å². The first-order valence-electron chi connectivity index (χ1n) is 10.2. The number of aromatic amines is 1. The van der Waals surface area contributed by atoms with Crippen LogP contribution in [0.15, 0.2) is 53.3 Å². The van der Waals surface area contributed by atoms with Gasteiger partial charge in [0, 0.05) is 19.0 Å². The van der Waals surface area contributed by atoms with Crippen LogP contribution in [0.1, 0.15) is 35.7 Å². The lowest BCUT2D eigenvalue weighted by atomic mass is 9.95. The van der Waals surface area contributed by atoms with Gasteiger partial charge in [-0.25, -0.2) is 14.5 Å². The number of nitrogens with zero attached hydrogens (tertiary/aromatic N) is 3. The van der Waals surface area contributed by atoms with Crippen LogP contribution in [-0.4, -0.2) is 45.3 Å². The number of benzene rings is 2. The molecule has 1 N–H and O–H groups in total. The molecule has 3 aromatic rings. The van der Waals surface area contributed by atoms with Crippen LogP contribution in [0, 0.1) is 13.8 Å². The van der Waals surface area contributed by atoms with E-state index in [0.29, 0.717) is 18.8 Å². The van der Waals surface area contributed by atoms with Crippen LogP contribution in [0.5, 0.6) is 5.75 Å². The second-order valence-electron chi connectivity index (χ2n) is 7.82. The number of likely N-dealkylation sites (tertiary alicyclic amines) is 1. The number of hydrogen-bond donors (Lipinski definition) is 1. The Balaban J connectivity index is 1.38. The number of hydrogen-bond acceptors (Lipinski definition) is 4. The first-order chi connectivity index (χ1) is 14.5. The van der Waals surface area contributed by atoms with E-state index in [4.69, 9.17) is 4.74 Å². The first-order valence-corrected chi connectivity index (χ1v) is 10.2. The van der Waals surface area contributed by atoms with Crippen LogP contribution in [-0.2, 0) is 4.79 Å². The third kappa shape index (κ3) is 4.30. The highest BCUT2D eigenvalue weighted by Gasteiger charge is 2.28. The van der Waals surface area contributed by atoms with Crippen LogP contribution in [0.4, 0.5) is 0 Å². The molecule has 0 bridgehead atoms. The number of aromatic nitrogens is 3. The van der Waals surface area contributed by atoms with Crippen molar-refractivity contribution < 1.29 is 9.53 Å². The summed E-state index contributed by atoms with van der Waals surface area (Å²) in [7, 11) is 0. The van der Waals surface area contributed by atoms with Gasteiger partial charge in [-0.3, -0.25) is 4.79 Å². The Morgan fingerprint density at radius 3 is 2.53 bits per heavy atom. The average molecular weight is 406 g/mol. The van der Waals surface area contributed by atoms with Crippen molar-refractivity contribution in [1.82, 2.24) is 19.7 Å². The molecule has 1 aliphatic heterocycles. The van der Waals surface area contributed by atoms with Gasteiger partial charge >= 0.3 is 5.69 Å². The van der Waals surface area contributed by atoms with Gasteiger partial charge in [-0.2, -0.15) is 5.10 Å². The van der Waals surface area contributed by atoms with Gasteiger partial charge in [0.1, 0.15) is 11.6 Å². The summed E-state index contributed by atoms with van der Waals surface area (Å²) in [6.07, 6.45) is 1.51. The summed E-state index contributed by atoms with van der Waals surface area (Å²) in [4.78, 5) is 26.7. The fraction of sp³-hybridized carbons (Fsp3) is 0.348. The lowest BCUT2D eigenvalue weighted by Gasteiger charge is -2.31. The quantitative estimate of drug-likeness (QED) is 0.706. The highest BCUT2D eigenvalue weighted by Crippen LogP contribution is 2.27. The zero-order valence-corrected chi connectivity index (χ0v) is 17.3. The summed E-state index contributed by atoms with van der Waals surface area (Å²) >= 11 is 0. The van der Waals surface area contributed by atoms with Gasteiger partial charge in [-0.05, 0) is 56.5 Å². The van der Waals surface area contributed by atoms with Crippen molar-refractivity contribution in [2.45, 2.75) is 32.6 Å². The molecule has 156 valence electrons. The zero-order chi connectivity index (χ0) is 21.1. The van der Waals surface area contributed by atoms with E-state index in [9.17, 15) is 9.59 Å². The Hall–Kier alpha value is -3.35. The second-order valence-corrected chi connectivity index (χ2v) is 7.82. The maximum absolute atomic E-state index is 12.5. The van der Waals surface area contributed by atoms with Crippen molar-refractivity contribution in [1.29, 1.82) is 0 Å². The van der Waals surface area contributed by atoms with Gasteiger partial charge in [0.25, 0.3) is 5.91 Å². The van der Waals surface area contributed by atoms with Gasteiger partial charge in [0.2, 0.25) is 0 Å². The van der Waals surface area contributed by atoms with E-state index in [0.717, 1.165) is 35.5 Å². The van der Waals surface area contributed by atoms with Crippen molar-refractivity contribution in [3.8, 4) is 11.4 Å². The smallest absolute Gasteiger partial charge is 0.347 e. The van der Waals surface area contributed by atoms with E-state index in [1.54, 1.807) is 4.57 Å². The predicted molar refractivity (Wildman–Crippen MR) is 114 cm³/mol. The molecule has 0 atom stereocenters. The summed E-state index contributed by atoms with van der Waals surface area (Å²) < 4.78 is 7.29. The molecular weight excluding hydrogens is 380 g/mol. The van der Waals surface area contributed by atoms with E-state index >= 15 is 0 Å². The number of carbonyl (C=O) groups excluding carboxylic acids is 1. The molecule has 1 fully saturated rings. The van der Waals surface area contributed by atoms with Crippen molar-refractivity contribution >= 4 is 5.91 Å². The normalized spacial score (nSPS) is 14.7. The van der Waals surface area contributed by atoms with Crippen molar-refractivity contribution in [3.05, 3.63) is 76.0 Å². The zero-order valence-electron chi connectivity index (χ0n) is 17.3. The number of H-pyrrole nitrogens is 1. The Morgan fingerprint density at radius 1 is 1.10 bits per heavy atom. The molecule has 1 saturated heterocycles. The van der Waals surface area contributed by atoms with Crippen molar-refractivity contribution in [2.24, 2.45) is 0 Å². The molecule has 1 aromatic heterocycles. The van der Waals surface area contributed by atoms with Crippen LogP contribution in [0.25, 0.3) is 5.69 Å². The molecule has 1 aliphatic rings. The van der Waals surface area contributed by atoms with E-state index < -0.39 is 0 Å². The molecule has 2 heterocycles. The summed E-state index contributed by atoms with van der Waals surface area (Å²) in [5.41, 5.74) is 2.80. The monoisotopic (exact) mass is 406 g/mol. The topological polar surface area (TPSA) is 80.2 Å². The summed E-state index contributed by atoms with van der Waals surface area (Å²) in [5.74, 6) is 1.53. The number of aryl methyl sites for hydroxylation is 2. The minimum atomic E-state index is -0.237. The molecule has 30 heavy (non-hydrogen) atoms. The second kappa shape index (κ2) is 8.57. The predicted octanol–water partition coefficient (Wildman–Crippen LogP) is 2.96. The Labute approximate surface area is 175 Å². The molecule has 2 aromatic carbocycles. The molecule has 7 heteroatoms. The Morgan fingerprint density at radius 2 is 1.83 bits per heavy atom. The van der Waals surface area contributed by atoms with Gasteiger partial charge in [-0.15, -0.1) is 0 Å². The van der Waals surface area contributed by atoms with Crippen molar-refractivity contribution in [2.75, 3.05) is 19.7 Å². The van der Waals surface area contributed by atoms with Crippen LogP contribution in [0.3, 0.4) is 0 Å². The highest BCUT2D eigenvalue weighted by molar-refractivity contribution is 5.77. The number of nitrogens with one attached hydrogen (secondary N) is 1. The fourth-order valence-electron chi connectivity index (χ4n) is 3.85. The maximum atomic E-state index is 12.5. The van der Waals surface area contributed by atoms with Crippen LogP contribution < -0.4 is 10.4 Å². The Bertz CT molecular complexity index is 1080. The lowest BCUT2D eigenvalue weighted by Crippen LogP contribution is -2.41. The largest absolute Gasteiger partial charge is 0.484 e. The van der Waals surface area contributed by atoms with Gasteiger partial charge in [0.15, 0.2) is 6.61 Å². The number of rotatable bonds is 5. The molecule has 0 spiro atoms. The van der Waals surface area contributed by atoms with Crippen LogP contribution in [0.2, 0.25) is 0 Å². The SMILES string of the molecule is Cc1ccc(-n2c(C3CCN(C(=O)COc4cccc(C)c4)CC3)n[nH]c2=O)cc1. The number of amides is 1. The summed E-state index contributed by atoms with van der Waals surface area (Å²) in [5, 5.41) is 6.87. The minimum Gasteiger partial charge on any atom is -0.484 e. The molecule has 0 saturated carbocycles. The third-order valence-corrected chi connectivity index (χ3v) is 5.56. The van der Waals surface area contributed by atoms with Crippen molar-refractivity contribution in [3.63, 3.8) is 0 Å². The molecular formula is C23H26N4O3. The molecule has 7 nitrogen and oxygen atoms in total. The number of carbonyl (C=O) groups is 1. The van der Waals surface area contributed by atoms with Crippen LogP contribution >= 0.6 is 0 Å². The van der Waals surface area contributed by atoms with Gasteiger partial charge in [0.05, 0.1) is 5.69 Å². The van der Waals surface area contributed by atoms with E-state index in [2.05, 4.69) is 10.2 Å². The third-order valence-electron chi connectivity index (χ3n) is 5.56. The lowest BCUT2D eigenvalue weighted by molar-refractivity contribution is -0.134. The van der Waals surface area contributed by atoms with E-state index in [-0.39, 0.29) is 24.1 Å². The minimum absolute atomic E-state index is 0.0205. The fourth-order valence-corrected chi connectivity index (χ4v) is 3.85. The first kappa shape index (κ1) is 19.9. The maximum Gasteiger partial charge on any atom is 0.347 e. The standard InChI is InChI=1S/C23H26N4O3/c1-16-6-8-19(9-7-16)27-22(24-25-23(27)29)18-10-12-26(13-11-18)21(28)15-30-20-5-3-4-17(2)14-20/h3-9,14,18H,10-13,15H2,1-2H3,(H,25,29). The average Bonchev–Trinajstić information content (AvgIpc) is 3.14. The van der Waals surface area contributed by atoms with Gasteiger partial charge < -0.3 is 9.64 Å².